The number of thiazole rings is 1. The monoisotopic (exact) mass is 425 g/mol. The van der Waals surface area contributed by atoms with Crippen LogP contribution in [-0.2, 0) is 17.1 Å². The molecule has 0 N–H and O–H groups in total. The molecule has 1 heterocycles. The number of hydrogen-bond acceptors (Lipinski definition) is 4. The second kappa shape index (κ2) is 7.55. The van der Waals surface area contributed by atoms with Crippen molar-refractivity contribution in [3.8, 4) is 11.3 Å². The molecule has 0 saturated carbocycles. The second-order valence-electron chi connectivity index (χ2n) is 5.98. The van der Waals surface area contributed by atoms with Crippen molar-refractivity contribution < 1.29 is 12.8 Å². The normalized spacial score (nSPS) is 12.7. The van der Waals surface area contributed by atoms with Crippen molar-refractivity contribution in [1.82, 2.24) is 8.87 Å². The summed E-state index contributed by atoms with van der Waals surface area (Å²) in [6, 6.07) is 10.8. The van der Waals surface area contributed by atoms with Gasteiger partial charge in [0.1, 0.15) is 10.7 Å². The third kappa shape index (κ3) is 3.98. The highest BCUT2D eigenvalue weighted by atomic mass is 35.5. The van der Waals surface area contributed by atoms with Crippen LogP contribution >= 0.6 is 22.9 Å². The van der Waals surface area contributed by atoms with Crippen LogP contribution in [0.3, 0.4) is 0 Å². The highest BCUT2D eigenvalue weighted by molar-refractivity contribution is 7.89. The van der Waals surface area contributed by atoms with Crippen LogP contribution in [0.4, 0.5) is 10.1 Å². The van der Waals surface area contributed by atoms with E-state index < -0.39 is 10.0 Å². The average Bonchev–Trinajstić information content (AvgIpc) is 2.98. The maximum Gasteiger partial charge on any atom is 0.244 e. The molecule has 0 fully saturated rings. The Morgan fingerprint density at radius 2 is 1.81 bits per heavy atom. The Hall–Kier alpha value is -2.00. The third-order valence-corrected chi connectivity index (χ3v) is 7.17. The van der Waals surface area contributed by atoms with Gasteiger partial charge in [0.25, 0.3) is 0 Å². The Morgan fingerprint density at radius 1 is 1.15 bits per heavy atom. The topological polar surface area (TPSA) is 54.7 Å². The standard InChI is InChI=1S/C18H17ClFN3O2S2/c1-22(2)27(24,25)17-10-12(4-9-15(17)19)16-11-26-18(23(16)3)21-14-7-5-13(20)6-8-14/h4-11H,1-3H3/b21-18+. The van der Waals surface area contributed by atoms with E-state index in [9.17, 15) is 12.8 Å². The molecule has 0 unspecified atom stereocenters. The summed E-state index contributed by atoms with van der Waals surface area (Å²) >= 11 is 7.52. The fraction of sp³-hybridized carbons (Fsp3) is 0.167. The number of halogens is 2. The molecule has 0 bridgehead atoms. The van der Waals surface area contributed by atoms with E-state index in [4.69, 9.17) is 11.6 Å². The van der Waals surface area contributed by atoms with Crippen LogP contribution in [0.15, 0.2) is 57.7 Å². The highest BCUT2D eigenvalue weighted by Gasteiger charge is 2.22. The molecule has 9 heteroatoms. The van der Waals surface area contributed by atoms with Gasteiger partial charge in [0.05, 0.1) is 16.4 Å². The van der Waals surface area contributed by atoms with Crippen LogP contribution in [0.1, 0.15) is 0 Å². The first-order valence-corrected chi connectivity index (χ1v) is 10.6. The maximum atomic E-state index is 13.0. The Kier molecular flexibility index (Phi) is 5.53. The zero-order chi connectivity index (χ0) is 19.8. The minimum absolute atomic E-state index is 0.0508. The zero-order valence-corrected chi connectivity index (χ0v) is 17.2. The second-order valence-corrected chi connectivity index (χ2v) is 9.35. The molecule has 2 aromatic carbocycles. The first-order valence-electron chi connectivity index (χ1n) is 7.87. The highest BCUT2D eigenvalue weighted by Crippen LogP contribution is 2.29. The molecule has 27 heavy (non-hydrogen) atoms. The lowest BCUT2D eigenvalue weighted by molar-refractivity contribution is 0.521. The van der Waals surface area contributed by atoms with E-state index in [2.05, 4.69) is 4.99 Å². The Balaban J connectivity index is 2.09. The SMILES string of the molecule is CN(C)S(=O)(=O)c1cc(-c2cs/c(=N/c3ccc(F)cc3)n2C)ccc1Cl. The summed E-state index contributed by atoms with van der Waals surface area (Å²) in [6.07, 6.45) is 0. The van der Waals surface area contributed by atoms with Crippen molar-refractivity contribution >= 4 is 38.6 Å². The lowest BCUT2D eigenvalue weighted by atomic mass is 10.2. The van der Waals surface area contributed by atoms with Gasteiger partial charge in [-0.05, 0) is 36.4 Å². The van der Waals surface area contributed by atoms with E-state index >= 15 is 0 Å². The molecular weight excluding hydrogens is 409 g/mol. The molecule has 142 valence electrons. The van der Waals surface area contributed by atoms with Crippen LogP contribution in [0.2, 0.25) is 5.02 Å². The quantitative estimate of drug-likeness (QED) is 0.633. The molecule has 0 atom stereocenters. The molecule has 0 amide bonds. The third-order valence-electron chi connectivity index (χ3n) is 3.96. The summed E-state index contributed by atoms with van der Waals surface area (Å²) in [7, 11) is 1.10. The summed E-state index contributed by atoms with van der Waals surface area (Å²) in [5.41, 5.74) is 2.14. The summed E-state index contributed by atoms with van der Waals surface area (Å²) in [4.78, 5) is 5.26. The van der Waals surface area contributed by atoms with E-state index in [1.165, 1.54) is 37.6 Å². The van der Waals surface area contributed by atoms with Gasteiger partial charge in [0.2, 0.25) is 10.0 Å². The van der Waals surface area contributed by atoms with Gasteiger partial charge >= 0.3 is 0 Å². The molecule has 3 aromatic rings. The number of nitrogens with zero attached hydrogens (tertiary/aromatic N) is 3. The van der Waals surface area contributed by atoms with Crippen molar-refractivity contribution in [3.63, 3.8) is 0 Å². The minimum atomic E-state index is -3.66. The fourth-order valence-corrected chi connectivity index (χ4v) is 4.74. The van der Waals surface area contributed by atoms with Crippen molar-refractivity contribution in [2.75, 3.05) is 14.1 Å². The van der Waals surface area contributed by atoms with Gasteiger partial charge in [-0.3, -0.25) is 0 Å². The Bertz CT molecular complexity index is 1150. The largest absolute Gasteiger partial charge is 0.320 e. The molecule has 3 rings (SSSR count). The van der Waals surface area contributed by atoms with Crippen LogP contribution in [0.25, 0.3) is 11.3 Å². The molecule has 0 radical (unpaired) electrons. The van der Waals surface area contributed by atoms with Crippen molar-refractivity contribution in [2.45, 2.75) is 4.90 Å². The first kappa shape index (κ1) is 19.8. The van der Waals surface area contributed by atoms with Gasteiger partial charge in [-0.25, -0.2) is 22.1 Å². The van der Waals surface area contributed by atoms with Crippen LogP contribution in [0, 0.1) is 5.82 Å². The van der Waals surface area contributed by atoms with Gasteiger partial charge in [-0.2, -0.15) is 0 Å². The fourth-order valence-electron chi connectivity index (χ4n) is 2.42. The predicted molar refractivity (Wildman–Crippen MR) is 106 cm³/mol. The molecule has 0 aliphatic rings. The van der Waals surface area contributed by atoms with Crippen molar-refractivity contribution in [3.05, 3.63) is 63.5 Å². The average molecular weight is 426 g/mol. The van der Waals surface area contributed by atoms with Crippen molar-refractivity contribution in [2.24, 2.45) is 12.0 Å². The van der Waals surface area contributed by atoms with E-state index in [-0.39, 0.29) is 15.7 Å². The van der Waals surface area contributed by atoms with E-state index in [0.29, 0.717) is 16.1 Å². The summed E-state index contributed by atoms with van der Waals surface area (Å²) in [5.74, 6) is -0.319. The molecule has 1 aromatic heterocycles. The lowest BCUT2D eigenvalue weighted by Crippen LogP contribution is -2.22. The molecule has 0 saturated heterocycles. The Morgan fingerprint density at radius 3 is 2.44 bits per heavy atom. The molecule has 0 aliphatic heterocycles. The van der Waals surface area contributed by atoms with Gasteiger partial charge in [-0.15, -0.1) is 11.3 Å². The van der Waals surface area contributed by atoms with E-state index in [1.54, 1.807) is 30.3 Å². The predicted octanol–water partition coefficient (Wildman–Crippen LogP) is 4.03. The zero-order valence-electron chi connectivity index (χ0n) is 14.8. The van der Waals surface area contributed by atoms with Crippen molar-refractivity contribution in [1.29, 1.82) is 0 Å². The van der Waals surface area contributed by atoms with Gasteiger partial charge in [0, 0.05) is 32.1 Å². The van der Waals surface area contributed by atoms with Gasteiger partial charge in [0.15, 0.2) is 4.80 Å². The molecular formula is C18H17ClFN3O2S2. The summed E-state index contributed by atoms with van der Waals surface area (Å²) in [6.45, 7) is 0. The molecule has 5 nitrogen and oxygen atoms in total. The molecule has 0 spiro atoms. The van der Waals surface area contributed by atoms with Crippen LogP contribution < -0.4 is 4.80 Å². The summed E-state index contributed by atoms with van der Waals surface area (Å²) < 4.78 is 41.0. The van der Waals surface area contributed by atoms with Gasteiger partial charge < -0.3 is 4.57 Å². The van der Waals surface area contributed by atoms with Gasteiger partial charge in [-0.1, -0.05) is 17.7 Å². The van der Waals surface area contributed by atoms with E-state index in [1.807, 2.05) is 17.0 Å². The number of aromatic nitrogens is 1. The van der Waals surface area contributed by atoms with Crippen LogP contribution in [-0.4, -0.2) is 31.4 Å². The number of benzene rings is 2. The van der Waals surface area contributed by atoms with E-state index in [0.717, 1.165) is 10.00 Å². The maximum absolute atomic E-state index is 13.0. The summed E-state index contributed by atoms with van der Waals surface area (Å²) in [5, 5.41) is 2.05. The number of sulfonamides is 1. The Labute approximate surface area is 166 Å². The van der Waals surface area contributed by atoms with Crippen LogP contribution in [0.5, 0.6) is 0 Å². The number of rotatable bonds is 4. The smallest absolute Gasteiger partial charge is 0.244 e. The molecule has 0 aliphatic carbocycles. The lowest BCUT2D eigenvalue weighted by Gasteiger charge is -2.14. The first-order chi connectivity index (χ1) is 12.7. The number of hydrogen-bond donors (Lipinski definition) is 0. The minimum Gasteiger partial charge on any atom is -0.320 e.